The van der Waals surface area contributed by atoms with Crippen molar-refractivity contribution < 1.29 is 24.1 Å². The Morgan fingerprint density at radius 2 is 1.44 bits per heavy atom. The van der Waals surface area contributed by atoms with Gasteiger partial charge in [-0.2, -0.15) is 0 Å². The highest BCUT2D eigenvalue weighted by atomic mass is 16.7. The molecule has 0 aliphatic carbocycles. The molecule has 2 saturated heterocycles. The molecule has 0 bridgehead atoms. The SMILES string of the molecule is CC1C(CN2CCCCC2)OC(c2ccc(-c3ccccc3CNC(=O)Nc3ccc(Oc4ccccc4)cc3)cc2)OC1c1ccc(CO)cc1. The topological polar surface area (TPSA) is 92.3 Å². The number of hydrogen-bond acceptors (Lipinski definition) is 6. The van der Waals surface area contributed by atoms with E-state index in [4.69, 9.17) is 14.2 Å². The number of likely N-dealkylation sites (tertiary alicyclic amines) is 1. The second-order valence-electron chi connectivity index (χ2n) is 13.7. The standard InChI is InChI=1S/C44H47N3O5/c1-31-41(29-47-26-8-3-9-27-47)51-43(52-42(31)34-16-14-32(30-48)15-17-34)35-20-18-33(19-21-35)40-13-7-6-10-36(40)28-45-44(49)46-37-22-24-39(25-23-37)50-38-11-4-2-5-12-38/h2,4-7,10-25,31,41-43,48H,3,8-9,26-30H2,1H3,(H2,45,46,49). The van der Waals surface area contributed by atoms with Gasteiger partial charge >= 0.3 is 6.03 Å². The number of aliphatic hydroxyl groups is 1. The highest BCUT2D eigenvalue weighted by Gasteiger charge is 2.39. The minimum atomic E-state index is -0.512. The molecule has 4 atom stereocenters. The van der Waals surface area contributed by atoms with Crippen LogP contribution in [0.15, 0.2) is 127 Å². The molecule has 8 heteroatoms. The molecule has 3 N–H and O–H groups in total. The Morgan fingerprint density at radius 3 is 2.17 bits per heavy atom. The third-order valence-corrected chi connectivity index (χ3v) is 10.1. The lowest BCUT2D eigenvalue weighted by atomic mass is 9.89. The van der Waals surface area contributed by atoms with E-state index < -0.39 is 6.29 Å². The van der Waals surface area contributed by atoms with Crippen molar-refractivity contribution in [3.63, 3.8) is 0 Å². The second kappa shape index (κ2) is 17.0. The highest BCUT2D eigenvalue weighted by Crippen LogP contribution is 2.42. The number of aliphatic hydroxyl groups excluding tert-OH is 1. The summed E-state index contributed by atoms with van der Waals surface area (Å²) < 4.78 is 19.3. The van der Waals surface area contributed by atoms with Gasteiger partial charge in [0, 0.05) is 30.3 Å². The molecule has 7 rings (SSSR count). The maximum atomic E-state index is 12.9. The number of carbonyl (C=O) groups excluding carboxylic acids is 1. The number of rotatable bonds is 11. The summed E-state index contributed by atoms with van der Waals surface area (Å²) in [5.74, 6) is 1.60. The van der Waals surface area contributed by atoms with Gasteiger partial charge in [0.15, 0.2) is 6.29 Å². The zero-order valence-corrected chi connectivity index (χ0v) is 29.6. The predicted molar refractivity (Wildman–Crippen MR) is 204 cm³/mol. The van der Waals surface area contributed by atoms with Crippen LogP contribution in [0.25, 0.3) is 11.1 Å². The molecule has 4 unspecified atom stereocenters. The summed E-state index contributed by atoms with van der Waals surface area (Å²) in [4.78, 5) is 15.4. The molecule has 5 aromatic carbocycles. The van der Waals surface area contributed by atoms with Gasteiger partial charge < -0.3 is 34.9 Å². The highest BCUT2D eigenvalue weighted by molar-refractivity contribution is 5.89. The van der Waals surface area contributed by atoms with Crippen LogP contribution in [0.5, 0.6) is 11.5 Å². The van der Waals surface area contributed by atoms with E-state index in [1.807, 2.05) is 84.9 Å². The molecule has 0 saturated carbocycles. The van der Waals surface area contributed by atoms with Gasteiger partial charge in [0.2, 0.25) is 0 Å². The minimum Gasteiger partial charge on any atom is -0.457 e. The molecular weight excluding hydrogens is 651 g/mol. The average Bonchev–Trinajstić information content (AvgIpc) is 3.20. The van der Waals surface area contributed by atoms with E-state index >= 15 is 0 Å². The molecule has 2 aliphatic rings. The van der Waals surface area contributed by atoms with Gasteiger partial charge in [-0.3, -0.25) is 0 Å². The molecule has 2 aliphatic heterocycles. The third kappa shape index (κ3) is 8.89. The fraction of sp³-hybridized carbons (Fsp3) is 0.295. The van der Waals surface area contributed by atoms with E-state index in [0.717, 1.165) is 58.8 Å². The Hall–Kier alpha value is -4.99. The summed E-state index contributed by atoms with van der Waals surface area (Å²) in [6.07, 6.45) is 3.12. The van der Waals surface area contributed by atoms with Gasteiger partial charge in [0.25, 0.3) is 0 Å². The maximum absolute atomic E-state index is 12.9. The van der Waals surface area contributed by atoms with Crippen molar-refractivity contribution in [3.05, 3.63) is 150 Å². The number of amides is 2. The Bertz CT molecular complexity index is 1880. The van der Waals surface area contributed by atoms with Crippen LogP contribution < -0.4 is 15.4 Å². The van der Waals surface area contributed by atoms with E-state index in [1.54, 1.807) is 0 Å². The van der Waals surface area contributed by atoms with Crippen LogP contribution in [0.3, 0.4) is 0 Å². The molecule has 8 nitrogen and oxygen atoms in total. The van der Waals surface area contributed by atoms with Crippen molar-refractivity contribution in [2.75, 3.05) is 25.0 Å². The van der Waals surface area contributed by atoms with Crippen LogP contribution in [-0.2, 0) is 22.6 Å². The molecule has 0 radical (unpaired) electrons. The van der Waals surface area contributed by atoms with Crippen LogP contribution in [-0.4, -0.2) is 41.8 Å². The van der Waals surface area contributed by atoms with Gasteiger partial charge in [-0.25, -0.2) is 4.79 Å². The van der Waals surface area contributed by atoms with E-state index in [2.05, 4.69) is 64.9 Å². The van der Waals surface area contributed by atoms with Gasteiger partial charge in [0.05, 0.1) is 18.8 Å². The number of hydrogen-bond donors (Lipinski definition) is 3. The second-order valence-corrected chi connectivity index (χ2v) is 13.7. The van der Waals surface area contributed by atoms with Crippen LogP contribution in [0.4, 0.5) is 10.5 Å². The number of anilines is 1. The molecule has 268 valence electrons. The van der Waals surface area contributed by atoms with Gasteiger partial charge in [-0.15, -0.1) is 0 Å². The zero-order valence-electron chi connectivity index (χ0n) is 29.6. The Kier molecular flexibility index (Phi) is 11.6. The lowest BCUT2D eigenvalue weighted by Gasteiger charge is -2.43. The average molecular weight is 698 g/mol. The van der Waals surface area contributed by atoms with Crippen molar-refractivity contribution in [1.82, 2.24) is 10.2 Å². The van der Waals surface area contributed by atoms with Crippen molar-refractivity contribution in [2.45, 2.75) is 57.8 Å². The van der Waals surface area contributed by atoms with E-state index in [0.29, 0.717) is 18.0 Å². The summed E-state index contributed by atoms with van der Waals surface area (Å²) in [6.45, 7) is 5.70. The monoisotopic (exact) mass is 697 g/mol. The van der Waals surface area contributed by atoms with Crippen LogP contribution in [0.2, 0.25) is 0 Å². The lowest BCUT2D eigenvalue weighted by molar-refractivity contribution is -0.276. The molecule has 5 aromatic rings. The maximum Gasteiger partial charge on any atom is 0.319 e. The molecule has 2 amide bonds. The fourth-order valence-corrected chi connectivity index (χ4v) is 7.08. The smallest absolute Gasteiger partial charge is 0.319 e. The fourth-order valence-electron chi connectivity index (χ4n) is 7.08. The number of nitrogens with zero attached hydrogens (tertiary/aromatic N) is 1. The number of ether oxygens (including phenoxy) is 3. The number of carbonyl (C=O) groups is 1. The van der Waals surface area contributed by atoms with E-state index in [9.17, 15) is 9.90 Å². The van der Waals surface area contributed by atoms with Crippen molar-refractivity contribution in [1.29, 1.82) is 0 Å². The number of piperidine rings is 1. The van der Waals surface area contributed by atoms with E-state index in [1.165, 1.54) is 19.3 Å². The van der Waals surface area contributed by atoms with Gasteiger partial charge in [-0.05, 0) is 90.1 Å². The van der Waals surface area contributed by atoms with E-state index in [-0.39, 0.29) is 30.8 Å². The Morgan fingerprint density at radius 1 is 0.769 bits per heavy atom. The molecule has 2 fully saturated rings. The normalized spacial score (nSPS) is 20.6. The largest absolute Gasteiger partial charge is 0.457 e. The summed E-state index contributed by atoms with van der Waals surface area (Å²) in [6, 6.07) is 41.1. The quantitative estimate of drug-likeness (QED) is 0.128. The van der Waals surface area contributed by atoms with Gasteiger partial charge in [-0.1, -0.05) is 104 Å². The molecular formula is C44H47N3O5. The minimum absolute atomic E-state index is 0.0116. The summed E-state index contributed by atoms with van der Waals surface area (Å²) in [7, 11) is 0. The first kappa shape index (κ1) is 35.4. The summed E-state index contributed by atoms with van der Waals surface area (Å²) in [5.41, 5.74) is 6.71. The Labute approximate surface area is 306 Å². The summed E-state index contributed by atoms with van der Waals surface area (Å²) >= 11 is 0. The van der Waals surface area contributed by atoms with Gasteiger partial charge in [0.1, 0.15) is 11.5 Å². The molecule has 2 heterocycles. The lowest BCUT2D eigenvalue weighted by Crippen LogP contribution is -2.45. The molecule has 0 aromatic heterocycles. The first-order valence-electron chi connectivity index (χ1n) is 18.3. The van der Waals surface area contributed by atoms with Crippen molar-refractivity contribution >= 4 is 11.7 Å². The number of nitrogens with one attached hydrogen (secondary N) is 2. The summed E-state index contributed by atoms with van der Waals surface area (Å²) in [5, 5.41) is 15.5. The molecule has 52 heavy (non-hydrogen) atoms. The zero-order chi connectivity index (χ0) is 35.7. The third-order valence-electron chi connectivity index (χ3n) is 10.1. The van der Waals surface area contributed by atoms with Crippen molar-refractivity contribution in [3.8, 4) is 22.6 Å². The first-order valence-corrected chi connectivity index (χ1v) is 18.3. The van der Waals surface area contributed by atoms with Crippen LogP contribution >= 0.6 is 0 Å². The van der Waals surface area contributed by atoms with Crippen molar-refractivity contribution in [2.24, 2.45) is 5.92 Å². The Balaban J connectivity index is 1.01. The number of benzene rings is 5. The molecule has 0 spiro atoms. The predicted octanol–water partition coefficient (Wildman–Crippen LogP) is 9.24. The first-order chi connectivity index (χ1) is 25.5. The van der Waals surface area contributed by atoms with Crippen LogP contribution in [0.1, 0.15) is 60.8 Å². The number of para-hydroxylation sites is 1. The number of urea groups is 1. The van der Waals surface area contributed by atoms with Crippen LogP contribution in [0, 0.1) is 5.92 Å².